The molecule has 0 fully saturated rings. The first-order valence-electron chi connectivity index (χ1n) is 6.07. The van der Waals surface area contributed by atoms with Gasteiger partial charge in [-0.05, 0) is 37.1 Å². The zero-order valence-corrected chi connectivity index (χ0v) is 11.0. The molecule has 0 saturated carbocycles. The summed E-state index contributed by atoms with van der Waals surface area (Å²) in [4.78, 5) is 15.5. The molecule has 0 amide bonds. The van der Waals surface area contributed by atoms with Crippen molar-refractivity contribution < 1.29 is 9.90 Å². The van der Waals surface area contributed by atoms with E-state index in [1.54, 1.807) is 18.3 Å². The lowest BCUT2D eigenvalue weighted by Gasteiger charge is -2.13. The number of aryl methyl sites for hydroxylation is 2. The summed E-state index contributed by atoms with van der Waals surface area (Å²) in [5.74, 6) is -0.927. The van der Waals surface area contributed by atoms with E-state index in [0.29, 0.717) is 12.2 Å². The third-order valence-corrected chi connectivity index (χ3v) is 3.05. The number of hydrogen-bond acceptors (Lipinski definition) is 3. The van der Waals surface area contributed by atoms with Crippen molar-refractivity contribution in [3.63, 3.8) is 0 Å². The van der Waals surface area contributed by atoms with Gasteiger partial charge in [-0.2, -0.15) is 0 Å². The number of para-hydroxylation sites is 1. The second kappa shape index (κ2) is 5.52. The summed E-state index contributed by atoms with van der Waals surface area (Å²) < 4.78 is 0. The van der Waals surface area contributed by atoms with E-state index in [4.69, 9.17) is 0 Å². The van der Waals surface area contributed by atoms with Gasteiger partial charge in [0.25, 0.3) is 0 Å². The van der Waals surface area contributed by atoms with E-state index in [0.717, 1.165) is 16.8 Å². The van der Waals surface area contributed by atoms with Crippen LogP contribution in [-0.4, -0.2) is 16.1 Å². The Morgan fingerprint density at radius 3 is 2.63 bits per heavy atom. The van der Waals surface area contributed by atoms with Crippen LogP contribution in [0.5, 0.6) is 0 Å². The lowest BCUT2D eigenvalue weighted by molar-refractivity contribution is 0.0698. The average molecular weight is 256 g/mol. The number of hydrogen-bond donors (Lipinski definition) is 2. The van der Waals surface area contributed by atoms with Gasteiger partial charge >= 0.3 is 5.97 Å². The maximum absolute atomic E-state index is 11.2. The summed E-state index contributed by atoms with van der Waals surface area (Å²) in [6.07, 6.45) is 1.74. The molecule has 0 aliphatic heterocycles. The normalized spacial score (nSPS) is 10.2. The van der Waals surface area contributed by atoms with Gasteiger partial charge in [-0.15, -0.1) is 0 Å². The Balaban J connectivity index is 2.25. The molecule has 0 saturated heterocycles. The first-order chi connectivity index (χ1) is 9.09. The van der Waals surface area contributed by atoms with E-state index in [1.165, 1.54) is 0 Å². The molecule has 0 aliphatic carbocycles. The van der Waals surface area contributed by atoms with Gasteiger partial charge in [-0.3, -0.25) is 4.98 Å². The summed E-state index contributed by atoms with van der Waals surface area (Å²) in [6.45, 7) is 4.39. The van der Waals surface area contributed by atoms with E-state index in [2.05, 4.69) is 10.3 Å². The maximum atomic E-state index is 11.2. The largest absolute Gasteiger partial charge is 0.478 e. The number of aromatic carboxylic acids is 1. The van der Waals surface area contributed by atoms with Gasteiger partial charge in [0.1, 0.15) is 0 Å². The van der Waals surface area contributed by atoms with Crippen molar-refractivity contribution in [2.75, 3.05) is 5.32 Å². The monoisotopic (exact) mass is 256 g/mol. The van der Waals surface area contributed by atoms with Gasteiger partial charge in [0, 0.05) is 6.20 Å². The van der Waals surface area contributed by atoms with Crippen LogP contribution in [-0.2, 0) is 6.54 Å². The summed E-state index contributed by atoms with van der Waals surface area (Å²) >= 11 is 0. The molecule has 4 heteroatoms. The first kappa shape index (κ1) is 13.1. The fourth-order valence-electron chi connectivity index (χ4n) is 1.96. The number of benzene rings is 1. The Bertz CT molecular complexity index is 609. The molecule has 2 rings (SSSR count). The van der Waals surface area contributed by atoms with Crippen molar-refractivity contribution in [2.24, 2.45) is 0 Å². The number of nitrogens with one attached hydrogen (secondary N) is 1. The molecule has 2 aromatic rings. The summed E-state index contributed by atoms with van der Waals surface area (Å²) in [5.41, 5.74) is 3.85. The number of pyridine rings is 1. The molecule has 98 valence electrons. The van der Waals surface area contributed by atoms with E-state index in [-0.39, 0.29) is 5.56 Å². The molecule has 2 N–H and O–H groups in total. The smallest absolute Gasteiger partial charge is 0.337 e. The first-order valence-corrected chi connectivity index (χ1v) is 6.07. The molecular weight excluding hydrogens is 240 g/mol. The van der Waals surface area contributed by atoms with Crippen molar-refractivity contribution in [1.82, 2.24) is 4.98 Å². The van der Waals surface area contributed by atoms with Gasteiger partial charge < -0.3 is 10.4 Å². The van der Waals surface area contributed by atoms with Gasteiger partial charge in [0.15, 0.2) is 0 Å². The number of carbonyl (C=O) groups is 1. The third-order valence-electron chi connectivity index (χ3n) is 3.05. The van der Waals surface area contributed by atoms with E-state index in [1.807, 2.05) is 32.0 Å². The Kier molecular flexibility index (Phi) is 3.80. The maximum Gasteiger partial charge on any atom is 0.337 e. The highest BCUT2D eigenvalue weighted by atomic mass is 16.4. The van der Waals surface area contributed by atoms with Gasteiger partial charge in [-0.1, -0.05) is 18.2 Å². The van der Waals surface area contributed by atoms with Crippen LogP contribution in [0.2, 0.25) is 0 Å². The van der Waals surface area contributed by atoms with Crippen LogP contribution in [0.15, 0.2) is 36.5 Å². The molecule has 1 heterocycles. The minimum absolute atomic E-state index is 0.286. The van der Waals surface area contributed by atoms with Crippen LogP contribution in [0.25, 0.3) is 0 Å². The average Bonchev–Trinajstić information content (AvgIpc) is 2.38. The second-order valence-corrected chi connectivity index (χ2v) is 4.42. The molecule has 1 aromatic heterocycles. The Hall–Kier alpha value is -2.36. The van der Waals surface area contributed by atoms with Gasteiger partial charge in [0.2, 0.25) is 0 Å². The number of anilines is 1. The molecule has 0 bridgehead atoms. The lowest BCUT2D eigenvalue weighted by atomic mass is 10.1. The topological polar surface area (TPSA) is 62.2 Å². The van der Waals surface area contributed by atoms with Crippen molar-refractivity contribution in [1.29, 1.82) is 0 Å². The SMILES string of the molecule is Cc1cccnc1CNc1c(C)cccc1C(=O)O. The van der Waals surface area contributed by atoms with Crippen molar-refractivity contribution in [3.05, 3.63) is 58.9 Å². The number of rotatable bonds is 4. The number of aromatic nitrogens is 1. The Labute approximate surface area is 112 Å². The zero-order chi connectivity index (χ0) is 13.8. The summed E-state index contributed by atoms with van der Waals surface area (Å²) in [6, 6.07) is 9.11. The third kappa shape index (κ3) is 2.91. The van der Waals surface area contributed by atoms with Crippen LogP contribution in [0, 0.1) is 13.8 Å². The second-order valence-electron chi connectivity index (χ2n) is 4.42. The van der Waals surface area contributed by atoms with Crippen LogP contribution < -0.4 is 5.32 Å². The molecule has 4 nitrogen and oxygen atoms in total. The minimum atomic E-state index is -0.927. The fourth-order valence-corrected chi connectivity index (χ4v) is 1.96. The van der Waals surface area contributed by atoms with Crippen molar-refractivity contribution in [2.45, 2.75) is 20.4 Å². The molecule has 0 spiro atoms. The highest BCUT2D eigenvalue weighted by molar-refractivity contribution is 5.95. The lowest BCUT2D eigenvalue weighted by Crippen LogP contribution is -2.09. The highest BCUT2D eigenvalue weighted by Crippen LogP contribution is 2.21. The van der Waals surface area contributed by atoms with E-state index < -0.39 is 5.97 Å². The predicted molar refractivity (Wildman–Crippen MR) is 74.4 cm³/mol. The molecule has 0 atom stereocenters. The van der Waals surface area contributed by atoms with Crippen LogP contribution in [0.3, 0.4) is 0 Å². The summed E-state index contributed by atoms with van der Waals surface area (Å²) in [5, 5.41) is 12.4. The summed E-state index contributed by atoms with van der Waals surface area (Å²) in [7, 11) is 0. The van der Waals surface area contributed by atoms with E-state index in [9.17, 15) is 9.90 Å². The van der Waals surface area contributed by atoms with Crippen LogP contribution in [0.4, 0.5) is 5.69 Å². The van der Waals surface area contributed by atoms with Gasteiger partial charge in [0.05, 0.1) is 23.5 Å². The fraction of sp³-hybridized carbons (Fsp3) is 0.200. The zero-order valence-electron chi connectivity index (χ0n) is 11.0. The van der Waals surface area contributed by atoms with E-state index >= 15 is 0 Å². The Morgan fingerprint density at radius 2 is 1.95 bits per heavy atom. The molecule has 0 aliphatic rings. The molecule has 0 radical (unpaired) electrons. The number of carboxylic acid groups (broad SMARTS) is 1. The molecular formula is C15H16N2O2. The molecule has 0 unspecified atom stereocenters. The highest BCUT2D eigenvalue weighted by Gasteiger charge is 2.11. The predicted octanol–water partition coefficient (Wildman–Crippen LogP) is 3.01. The molecule has 19 heavy (non-hydrogen) atoms. The van der Waals surface area contributed by atoms with Gasteiger partial charge in [-0.25, -0.2) is 4.79 Å². The number of carboxylic acids is 1. The quantitative estimate of drug-likeness (QED) is 0.882. The van der Waals surface area contributed by atoms with Crippen LogP contribution in [0.1, 0.15) is 27.2 Å². The van der Waals surface area contributed by atoms with Crippen molar-refractivity contribution in [3.8, 4) is 0 Å². The standard InChI is InChI=1S/C15H16N2O2/c1-10-6-4-8-16-13(10)9-17-14-11(2)5-3-7-12(14)15(18)19/h3-8,17H,9H2,1-2H3,(H,18,19). The van der Waals surface area contributed by atoms with Crippen LogP contribution >= 0.6 is 0 Å². The number of nitrogens with zero attached hydrogens (tertiary/aromatic N) is 1. The Morgan fingerprint density at radius 1 is 1.21 bits per heavy atom. The van der Waals surface area contributed by atoms with Crippen molar-refractivity contribution >= 4 is 11.7 Å². The molecule has 1 aromatic carbocycles. The minimum Gasteiger partial charge on any atom is -0.478 e.